The smallest absolute Gasteiger partial charge is 0.234 e. The van der Waals surface area contributed by atoms with Crippen LogP contribution in [0.15, 0.2) is 35.7 Å². The lowest BCUT2D eigenvalue weighted by molar-refractivity contribution is -0.113. The van der Waals surface area contributed by atoms with Gasteiger partial charge in [-0.2, -0.15) is 5.10 Å². The summed E-state index contributed by atoms with van der Waals surface area (Å²) in [5.74, 6) is 0.932. The first-order valence-electron chi connectivity index (χ1n) is 7.83. The average Bonchev–Trinajstić information content (AvgIpc) is 3.16. The number of hydrogen-bond donors (Lipinski definition) is 1. The zero-order valence-electron chi connectivity index (χ0n) is 14.6. The Morgan fingerprint density at radius 1 is 1.24 bits per heavy atom. The van der Waals surface area contributed by atoms with Crippen LogP contribution in [0.25, 0.3) is 11.4 Å². The Morgan fingerprint density at radius 3 is 2.76 bits per heavy atom. The van der Waals surface area contributed by atoms with Crippen molar-refractivity contribution >= 4 is 23.4 Å². The van der Waals surface area contributed by atoms with Crippen LogP contribution in [0.3, 0.4) is 0 Å². The molecule has 0 aliphatic rings. The van der Waals surface area contributed by atoms with E-state index >= 15 is 0 Å². The van der Waals surface area contributed by atoms with Crippen molar-refractivity contribution in [2.45, 2.75) is 19.0 Å². The van der Waals surface area contributed by atoms with E-state index in [4.69, 9.17) is 0 Å². The van der Waals surface area contributed by atoms with Crippen LogP contribution in [-0.2, 0) is 18.9 Å². The molecule has 2 heterocycles. The molecule has 0 unspecified atom stereocenters. The fraction of sp³-hybridized carbons (Fsp3) is 0.294. The zero-order valence-corrected chi connectivity index (χ0v) is 15.5. The first kappa shape index (κ1) is 17.2. The number of nitrogens with one attached hydrogen (secondary N) is 1. The van der Waals surface area contributed by atoms with E-state index in [0.29, 0.717) is 5.16 Å². The van der Waals surface area contributed by atoms with Gasteiger partial charge in [0, 0.05) is 26.0 Å². The molecule has 25 heavy (non-hydrogen) atoms. The van der Waals surface area contributed by atoms with Gasteiger partial charge in [0.25, 0.3) is 0 Å². The SMILES string of the molecule is Cc1cccc(NC(=O)CSc2nnc(-c3cnn(C)c3)n2C)c1C. The highest BCUT2D eigenvalue weighted by Crippen LogP contribution is 2.23. The number of nitrogens with zero attached hydrogens (tertiary/aromatic N) is 5. The number of aromatic nitrogens is 5. The molecule has 0 radical (unpaired) electrons. The highest BCUT2D eigenvalue weighted by Gasteiger charge is 2.14. The summed E-state index contributed by atoms with van der Waals surface area (Å²) in [6.45, 7) is 4.03. The van der Waals surface area contributed by atoms with Crippen molar-refractivity contribution in [3.63, 3.8) is 0 Å². The van der Waals surface area contributed by atoms with Crippen molar-refractivity contribution in [3.05, 3.63) is 41.7 Å². The van der Waals surface area contributed by atoms with E-state index in [-0.39, 0.29) is 11.7 Å². The Kier molecular flexibility index (Phi) is 4.89. The van der Waals surface area contributed by atoms with Gasteiger partial charge in [0.1, 0.15) is 0 Å². The van der Waals surface area contributed by atoms with Crippen molar-refractivity contribution in [2.75, 3.05) is 11.1 Å². The highest BCUT2D eigenvalue weighted by molar-refractivity contribution is 7.99. The molecule has 0 saturated carbocycles. The molecule has 3 aromatic rings. The standard InChI is InChI=1S/C17H20N6OS/c1-11-6-5-7-14(12(11)2)19-15(24)10-25-17-21-20-16(23(17)4)13-8-18-22(3)9-13/h5-9H,10H2,1-4H3,(H,19,24). The monoisotopic (exact) mass is 356 g/mol. The first-order chi connectivity index (χ1) is 12.0. The van der Waals surface area contributed by atoms with Crippen LogP contribution < -0.4 is 5.32 Å². The molecule has 3 rings (SSSR count). The quantitative estimate of drug-likeness (QED) is 0.711. The summed E-state index contributed by atoms with van der Waals surface area (Å²) in [4.78, 5) is 12.2. The van der Waals surface area contributed by atoms with Crippen molar-refractivity contribution in [2.24, 2.45) is 14.1 Å². The third-order valence-electron chi connectivity index (χ3n) is 4.01. The maximum atomic E-state index is 12.2. The van der Waals surface area contributed by atoms with E-state index in [2.05, 4.69) is 20.6 Å². The van der Waals surface area contributed by atoms with Gasteiger partial charge in [-0.1, -0.05) is 23.9 Å². The lowest BCUT2D eigenvalue weighted by Crippen LogP contribution is -2.15. The number of carbonyl (C=O) groups is 1. The van der Waals surface area contributed by atoms with Crippen LogP contribution in [0.5, 0.6) is 0 Å². The third kappa shape index (κ3) is 3.74. The minimum Gasteiger partial charge on any atom is -0.325 e. The molecule has 8 heteroatoms. The molecular formula is C17H20N6OS. The van der Waals surface area contributed by atoms with Gasteiger partial charge >= 0.3 is 0 Å². The van der Waals surface area contributed by atoms with Gasteiger partial charge in [-0.05, 0) is 31.0 Å². The molecule has 0 saturated heterocycles. The second-order valence-corrected chi connectivity index (χ2v) is 6.79. The lowest BCUT2D eigenvalue weighted by Gasteiger charge is -2.10. The van der Waals surface area contributed by atoms with Crippen molar-refractivity contribution in [3.8, 4) is 11.4 Å². The normalized spacial score (nSPS) is 10.9. The second-order valence-electron chi connectivity index (χ2n) is 5.85. The molecule has 130 valence electrons. The first-order valence-corrected chi connectivity index (χ1v) is 8.81. The van der Waals surface area contributed by atoms with Crippen LogP contribution in [0.4, 0.5) is 5.69 Å². The minimum absolute atomic E-state index is 0.0652. The Labute approximate surface area is 150 Å². The largest absolute Gasteiger partial charge is 0.325 e. The van der Waals surface area contributed by atoms with E-state index in [1.54, 1.807) is 10.9 Å². The molecule has 1 N–H and O–H groups in total. The molecule has 0 bridgehead atoms. The molecule has 1 amide bonds. The molecule has 1 aromatic carbocycles. The molecule has 0 fully saturated rings. The van der Waals surface area contributed by atoms with Crippen LogP contribution in [0.1, 0.15) is 11.1 Å². The third-order valence-corrected chi connectivity index (χ3v) is 5.03. The highest BCUT2D eigenvalue weighted by atomic mass is 32.2. The summed E-state index contributed by atoms with van der Waals surface area (Å²) in [5.41, 5.74) is 3.97. The number of aryl methyl sites for hydroxylation is 2. The summed E-state index contributed by atoms with van der Waals surface area (Å²) < 4.78 is 3.58. The zero-order chi connectivity index (χ0) is 18.0. The van der Waals surface area contributed by atoms with E-state index in [9.17, 15) is 4.79 Å². The minimum atomic E-state index is -0.0652. The van der Waals surface area contributed by atoms with E-state index in [0.717, 1.165) is 28.2 Å². The Bertz CT molecular complexity index is 914. The fourth-order valence-electron chi connectivity index (χ4n) is 2.43. The summed E-state index contributed by atoms with van der Waals surface area (Å²) >= 11 is 1.36. The van der Waals surface area contributed by atoms with Gasteiger partial charge in [-0.3, -0.25) is 9.48 Å². The molecule has 0 atom stereocenters. The van der Waals surface area contributed by atoms with E-state index < -0.39 is 0 Å². The van der Waals surface area contributed by atoms with Gasteiger partial charge in [0.15, 0.2) is 11.0 Å². The number of anilines is 1. The molecule has 7 nitrogen and oxygen atoms in total. The molecule has 0 aliphatic carbocycles. The summed E-state index contributed by atoms with van der Waals surface area (Å²) in [6.07, 6.45) is 3.62. The van der Waals surface area contributed by atoms with Crippen LogP contribution in [0, 0.1) is 13.8 Å². The molecule has 0 spiro atoms. The lowest BCUT2D eigenvalue weighted by atomic mass is 10.1. The summed E-state index contributed by atoms with van der Waals surface area (Å²) in [7, 11) is 3.74. The second kappa shape index (κ2) is 7.10. The predicted octanol–water partition coefficient (Wildman–Crippen LogP) is 2.56. The average molecular weight is 356 g/mol. The van der Waals surface area contributed by atoms with Gasteiger partial charge in [0.05, 0.1) is 17.5 Å². The van der Waals surface area contributed by atoms with Gasteiger partial charge in [-0.15, -0.1) is 10.2 Å². The van der Waals surface area contributed by atoms with Crippen molar-refractivity contribution in [1.29, 1.82) is 0 Å². The van der Waals surface area contributed by atoms with Gasteiger partial charge in [0.2, 0.25) is 5.91 Å². The Morgan fingerprint density at radius 2 is 2.04 bits per heavy atom. The summed E-state index contributed by atoms with van der Waals surface area (Å²) in [5, 5.41) is 16.2. The Hall–Kier alpha value is -2.61. The fourth-order valence-corrected chi connectivity index (χ4v) is 3.14. The number of carbonyl (C=O) groups excluding carboxylic acids is 1. The topological polar surface area (TPSA) is 77.6 Å². The number of thioether (sulfide) groups is 1. The Balaban J connectivity index is 1.65. The summed E-state index contributed by atoms with van der Waals surface area (Å²) in [6, 6.07) is 5.88. The van der Waals surface area contributed by atoms with E-state index in [1.165, 1.54) is 11.8 Å². The van der Waals surface area contributed by atoms with Crippen LogP contribution in [0.2, 0.25) is 0 Å². The van der Waals surface area contributed by atoms with Gasteiger partial charge in [-0.25, -0.2) is 0 Å². The number of hydrogen-bond acceptors (Lipinski definition) is 5. The maximum Gasteiger partial charge on any atom is 0.234 e. The molecule has 0 aliphatic heterocycles. The van der Waals surface area contributed by atoms with Crippen LogP contribution in [-0.4, -0.2) is 36.2 Å². The maximum absolute atomic E-state index is 12.2. The van der Waals surface area contributed by atoms with Gasteiger partial charge < -0.3 is 9.88 Å². The van der Waals surface area contributed by atoms with E-state index in [1.807, 2.05) is 56.9 Å². The number of amides is 1. The molecular weight excluding hydrogens is 336 g/mol. The van der Waals surface area contributed by atoms with Crippen molar-refractivity contribution < 1.29 is 4.79 Å². The van der Waals surface area contributed by atoms with Crippen LogP contribution >= 0.6 is 11.8 Å². The van der Waals surface area contributed by atoms with Crippen molar-refractivity contribution in [1.82, 2.24) is 24.5 Å². The number of rotatable bonds is 5. The predicted molar refractivity (Wildman–Crippen MR) is 98.5 cm³/mol. The molecule has 2 aromatic heterocycles. The number of benzene rings is 1.